The summed E-state index contributed by atoms with van der Waals surface area (Å²) in [6.45, 7) is 6.59. The molecule has 1 aliphatic heterocycles. The molecule has 1 N–H and O–H groups in total. The van der Waals surface area contributed by atoms with Crippen molar-refractivity contribution in [2.45, 2.75) is 45.2 Å². The largest absolute Gasteiger partial charge is 0.312 e. The van der Waals surface area contributed by atoms with Crippen molar-refractivity contribution in [2.24, 2.45) is 11.8 Å². The van der Waals surface area contributed by atoms with E-state index < -0.39 is 0 Å². The Morgan fingerprint density at radius 3 is 2.86 bits per heavy atom. The van der Waals surface area contributed by atoms with Gasteiger partial charge in [-0.15, -0.1) is 0 Å². The molecule has 0 bridgehead atoms. The fraction of sp³-hybridized carbons (Fsp3) is 0.667. The van der Waals surface area contributed by atoms with Crippen LogP contribution in [0.1, 0.15) is 38.2 Å². The molecule has 2 fully saturated rings. The summed E-state index contributed by atoms with van der Waals surface area (Å²) in [7, 11) is 0. The highest BCUT2D eigenvalue weighted by Gasteiger charge is 2.26. The molecule has 3 heteroatoms. The molecule has 0 radical (unpaired) electrons. The van der Waals surface area contributed by atoms with E-state index in [1.165, 1.54) is 38.3 Å². The van der Waals surface area contributed by atoms with Gasteiger partial charge in [0.05, 0.1) is 0 Å². The summed E-state index contributed by atoms with van der Waals surface area (Å²) >= 11 is 0. The van der Waals surface area contributed by atoms with Crippen LogP contribution < -0.4 is 5.32 Å². The molecule has 3 rings (SSSR count). The van der Waals surface area contributed by atoms with Gasteiger partial charge >= 0.3 is 0 Å². The highest BCUT2D eigenvalue weighted by atomic mass is 19.1. The highest BCUT2D eigenvalue weighted by Crippen LogP contribution is 2.26. The Kier molecular flexibility index (Phi) is 4.91. The third kappa shape index (κ3) is 4.27. The molecule has 21 heavy (non-hydrogen) atoms. The van der Waals surface area contributed by atoms with Gasteiger partial charge in [0, 0.05) is 25.7 Å². The fourth-order valence-corrected chi connectivity index (χ4v) is 3.66. The monoisotopic (exact) mass is 290 g/mol. The lowest BCUT2D eigenvalue weighted by atomic mass is 9.85. The van der Waals surface area contributed by atoms with Crippen LogP contribution in [0, 0.1) is 17.7 Å². The van der Waals surface area contributed by atoms with Crippen LogP contribution in [0.4, 0.5) is 4.39 Å². The van der Waals surface area contributed by atoms with Gasteiger partial charge in [0.15, 0.2) is 0 Å². The molecule has 1 heterocycles. The van der Waals surface area contributed by atoms with Gasteiger partial charge in [0.25, 0.3) is 0 Å². The number of nitrogens with zero attached hydrogens (tertiary/aromatic N) is 1. The maximum atomic E-state index is 13.3. The van der Waals surface area contributed by atoms with Crippen molar-refractivity contribution in [2.75, 3.05) is 19.6 Å². The first-order valence-electron chi connectivity index (χ1n) is 8.39. The Hall–Kier alpha value is -0.930. The molecule has 1 saturated heterocycles. The van der Waals surface area contributed by atoms with Crippen LogP contribution in [0.3, 0.4) is 0 Å². The maximum absolute atomic E-state index is 13.3. The lowest BCUT2D eigenvalue weighted by molar-refractivity contribution is 0.136. The van der Waals surface area contributed by atoms with E-state index in [2.05, 4.69) is 17.1 Å². The van der Waals surface area contributed by atoms with Crippen LogP contribution in [0.15, 0.2) is 24.3 Å². The molecular formula is C18H27FN2. The van der Waals surface area contributed by atoms with Gasteiger partial charge in [-0.1, -0.05) is 25.5 Å². The van der Waals surface area contributed by atoms with E-state index >= 15 is 0 Å². The molecule has 2 nitrogen and oxygen atoms in total. The molecule has 2 aliphatic rings. The van der Waals surface area contributed by atoms with E-state index in [1.54, 1.807) is 6.07 Å². The van der Waals surface area contributed by atoms with Gasteiger partial charge < -0.3 is 5.32 Å². The number of hydrogen-bond donors (Lipinski definition) is 1. The smallest absolute Gasteiger partial charge is 0.123 e. The summed E-state index contributed by atoms with van der Waals surface area (Å²) in [6.07, 6.45) is 5.50. The summed E-state index contributed by atoms with van der Waals surface area (Å²) in [6, 6.07) is 7.62. The average molecular weight is 290 g/mol. The fourth-order valence-electron chi connectivity index (χ4n) is 3.66. The van der Waals surface area contributed by atoms with E-state index in [4.69, 9.17) is 0 Å². The van der Waals surface area contributed by atoms with Crippen LogP contribution in [-0.4, -0.2) is 30.6 Å². The van der Waals surface area contributed by atoms with Gasteiger partial charge in [-0.2, -0.15) is 0 Å². The predicted octanol–water partition coefficient (Wildman–Crippen LogP) is 3.43. The Balaban J connectivity index is 1.52. The van der Waals surface area contributed by atoms with Gasteiger partial charge in [-0.25, -0.2) is 4.39 Å². The number of likely N-dealkylation sites (tertiary alicyclic amines) is 1. The minimum absolute atomic E-state index is 0.128. The second kappa shape index (κ2) is 6.89. The third-order valence-corrected chi connectivity index (χ3v) is 4.95. The van der Waals surface area contributed by atoms with Gasteiger partial charge in [-0.05, 0) is 55.3 Å². The van der Waals surface area contributed by atoms with Gasteiger partial charge in [0.2, 0.25) is 0 Å². The molecule has 2 atom stereocenters. The molecule has 1 aromatic rings. The maximum Gasteiger partial charge on any atom is 0.123 e. The van der Waals surface area contributed by atoms with Crippen molar-refractivity contribution >= 4 is 0 Å². The first-order valence-corrected chi connectivity index (χ1v) is 8.39. The summed E-state index contributed by atoms with van der Waals surface area (Å²) in [5.41, 5.74) is 1.09. The zero-order chi connectivity index (χ0) is 14.7. The molecule has 2 unspecified atom stereocenters. The molecule has 0 aromatic heterocycles. The topological polar surface area (TPSA) is 15.3 Å². The Labute approximate surface area is 127 Å². The Morgan fingerprint density at radius 2 is 2.14 bits per heavy atom. The number of nitrogens with one attached hydrogen (secondary N) is 1. The van der Waals surface area contributed by atoms with E-state index in [9.17, 15) is 4.39 Å². The van der Waals surface area contributed by atoms with Gasteiger partial charge in [-0.3, -0.25) is 4.90 Å². The summed E-state index contributed by atoms with van der Waals surface area (Å²) < 4.78 is 13.3. The minimum Gasteiger partial charge on any atom is -0.312 e. The molecular weight excluding hydrogens is 263 g/mol. The number of rotatable bonds is 5. The predicted molar refractivity (Wildman–Crippen MR) is 84.6 cm³/mol. The summed E-state index contributed by atoms with van der Waals surface area (Å²) in [4.78, 5) is 2.47. The zero-order valence-corrected chi connectivity index (χ0v) is 13.0. The Bertz CT molecular complexity index is 458. The first kappa shape index (κ1) is 15.0. The van der Waals surface area contributed by atoms with Crippen molar-refractivity contribution in [1.82, 2.24) is 10.2 Å². The molecule has 1 aliphatic carbocycles. The third-order valence-electron chi connectivity index (χ3n) is 4.95. The van der Waals surface area contributed by atoms with Crippen LogP contribution in [0.5, 0.6) is 0 Å². The number of halogens is 1. The standard InChI is InChI=1S/C18H27FN2/c1-14-8-18(20-10-15-4-2-5-15)13-21(11-14)12-16-6-3-7-17(19)9-16/h3,6-7,9,14-15,18,20H,2,4-5,8,10-13H2,1H3. The van der Waals surface area contributed by atoms with Crippen molar-refractivity contribution in [3.8, 4) is 0 Å². The average Bonchev–Trinajstić information content (AvgIpc) is 2.36. The number of benzene rings is 1. The van der Waals surface area contributed by atoms with Crippen LogP contribution in [0.25, 0.3) is 0 Å². The van der Waals surface area contributed by atoms with E-state index in [-0.39, 0.29) is 5.82 Å². The second-order valence-corrected chi connectivity index (χ2v) is 7.07. The second-order valence-electron chi connectivity index (χ2n) is 7.07. The van der Waals surface area contributed by atoms with E-state index in [0.717, 1.165) is 31.1 Å². The molecule has 0 spiro atoms. The quantitative estimate of drug-likeness (QED) is 0.894. The van der Waals surface area contributed by atoms with E-state index in [0.29, 0.717) is 12.0 Å². The van der Waals surface area contributed by atoms with E-state index in [1.807, 2.05) is 12.1 Å². The lowest BCUT2D eigenvalue weighted by Crippen LogP contribution is -2.49. The zero-order valence-electron chi connectivity index (χ0n) is 13.0. The summed E-state index contributed by atoms with van der Waals surface area (Å²) in [5, 5.41) is 3.77. The lowest BCUT2D eigenvalue weighted by Gasteiger charge is -2.38. The van der Waals surface area contributed by atoms with Gasteiger partial charge in [0.1, 0.15) is 5.82 Å². The summed E-state index contributed by atoms with van der Waals surface area (Å²) in [5.74, 6) is 1.50. The molecule has 0 amide bonds. The molecule has 1 saturated carbocycles. The number of hydrogen-bond acceptors (Lipinski definition) is 2. The normalized spacial score (nSPS) is 27.5. The molecule has 116 valence electrons. The molecule has 1 aromatic carbocycles. The number of piperidine rings is 1. The van der Waals surface area contributed by atoms with Crippen molar-refractivity contribution in [1.29, 1.82) is 0 Å². The van der Waals surface area contributed by atoms with Crippen LogP contribution in [-0.2, 0) is 6.54 Å². The SMILES string of the molecule is CC1CC(NCC2CCC2)CN(Cc2cccc(F)c2)C1. The highest BCUT2D eigenvalue weighted by molar-refractivity contribution is 5.16. The van der Waals surface area contributed by atoms with Crippen molar-refractivity contribution in [3.63, 3.8) is 0 Å². The Morgan fingerprint density at radius 1 is 1.29 bits per heavy atom. The first-order chi connectivity index (χ1) is 10.2. The van der Waals surface area contributed by atoms with Crippen LogP contribution in [0.2, 0.25) is 0 Å². The minimum atomic E-state index is -0.128. The van der Waals surface area contributed by atoms with Crippen molar-refractivity contribution < 1.29 is 4.39 Å². The van der Waals surface area contributed by atoms with Crippen LogP contribution >= 0.6 is 0 Å². The van der Waals surface area contributed by atoms with Crippen molar-refractivity contribution in [3.05, 3.63) is 35.6 Å².